The Balaban J connectivity index is 2.90. The lowest BCUT2D eigenvalue weighted by Crippen LogP contribution is -2.27. The van der Waals surface area contributed by atoms with Crippen LogP contribution in [0.5, 0.6) is 0 Å². The Hall–Kier alpha value is -2.48. The quantitative estimate of drug-likeness (QED) is 0.634. The largest absolute Gasteiger partial charge is 0.478 e. The van der Waals surface area contributed by atoms with Gasteiger partial charge in [0, 0.05) is 12.1 Å². The number of carboxylic acids is 1. The normalized spacial score (nSPS) is 11.0. The molecule has 21 heavy (non-hydrogen) atoms. The van der Waals surface area contributed by atoms with Gasteiger partial charge in [0.25, 0.3) is 5.69 Å². The van der Waals surface area contributed by atoms with Gasteiger partial charge in [-0.2, -0.15) is 0 Å². The van der Waals surface area contributed by atoms with Crippen molar-refractivity contribution in [2.75, 3.05) is 11.9 Å². The van der Waals surface area contributed by atoms with Crippen LogP contribution in [-0.2, 0) is 9.53 Å². The van der Waals surface area contributed by atoms with E-state index < -0.39 is 22.4 Å². The van der Waals surface area contributed by atoms with E-state index in [0.29, 0.717) is 0 Å². The van der Waals surface area contributed by atoms with E-state index in [1.165, 1.54) is 6.07 Å². The molecule has 0 aliphatic carbocycles. The molecule has 0 saturated heterocycles. The minimum atomic E-state index is -1.37. The monoisotopic (exact) mass is 296 g/mol. The maximum Gasteiger partial charge on any atom is 0.338 e. The second-order valence-corrected chi connectivity index (χ2v) is 5.24. The van der Waals surface area contributed by atoms with Crippen molar-refractivity contribution < 1.29 is 24.4 Å². The van der Waals surface area contributed by atoms with Gasteiger partial charge in [-0.15, -0.1) is 0 Å². The van der Waals surface area contributed by atoms with E-state index in [2.05, 4.69) is 5.32 Å². The topological polar surface area (TPSA) is 119 Å². The minimum absolute atomic E-state index is 0.0180. The summed E-state index contributed by atoms with van der Waals surface area (Å²) in [5.41, 5.74) is -1.25. The highest BCUT2D eigenvalue weighted by Crippen LogP contribution is 2.22. The molecule has 1 amide bonds. The number of hydrogen-bond acceptors (Lipinski definition) is 5. The van der Waals surface area contributed by atoms with Gasteiger partial charge in [0.15, 0.2) is 0 Å². The number of carboxylic acid groups (broad SMARTS) is 1. The van der Waals surface area contributed by atoms with E-state index >= 15 is 0 Å². The first kappa shape index (κ1) is 16.6. The van der Waals surface area contributed by atoms with E-state index in [-0.39, 0.29) is 23.5 Å². The second-order valence-electron chi connectivity index (χ2n) is 5.24. The van der Waals surface area contributed by atoms with Crippen LogP contribution in [0.25, 0.3) is 0 Å². The first-order valence-electron chi connectivity index (χ1n) is 6.05. The number of non-ortho nitro benzene ring substituents is 1. The summed E-state index contributed by atoms with van der Waals surface area (Å²) in [6.07, 6.45) is 0. The highest BCUT2D eigenvalue weighted by molar-refractivity contribution is 6.01. The molecule has 114 valence electrons. The Bertz CT molecular complexity index is 577. The van der Waals surface area contributed by atoms with Crippen LogP contribution >= 0.6 is 0 Å². The van der Waals surface area contributed by atoms with Gasteiger partial charge in [0.2, 0.25) is 5.91 Å². The Morgan fingerprint density at radius 2 is 2.00 bits per heavy atom. The van der Waals surface area contributed by atoms with Crippen molar-refractivity contribution in [3.05, 3.63) is 33.9 Å². The summed E-state index contributed by atoms with van der Waals surface area (Å²) in [7, 11) is 0. The molecule has 1 aromatic carbocycles. The number of rotatable bonds is 5. The van der Waals surface area contributed by atoms with Crippen molar-refractivity contribution in [2.45, 2.75) is 26.4 Å². The molecule has 0 aromatic heterocycles. The zero-order chi connectivity index (χ0) is 16.2. The molecule has 0 aliphatic rings. The molecule has 8 nitrogen and oxygen atoms in total. The zero-order valence-corrected chi connectivity index (χ0v) is 11.9. The summed E-state index contributed by atoms with van der Waals surface area (Å²) in [4.78, 5) is 32.7. The molecular weight excluding hydrogens is 280 g/mol. The number of carbonyl (C=O) groups excluding carboxylic acids is 1. The predicted octanol–water partition coefficient (Wildman–Crippen LogP) is 2.05. The maximum absolute atomic E-state index is 11.7. The molecule has 0 atom stereocenters. The number of amides is 1. The van der Waals surface area contributed by atoms with Crippen molar-refractivity contribution in [1.29, 1.82) is 0 Å². The van der Waals surface area contributed by atoms with Gasteiger partial charge >= 0.3 is 5.97 Å². The second kappa shape index (κ2) is 6.31. The Kier molecular flexibility index (Phi) is 4.98. The van der Waals surface area contributed by atoms with Crippen LogP contribution in [0.15, 0.2) is 18.2 Å². The zero-order valence-electron chi connectivity index (χ0n) is 11.9. The van der Waals surface area contributed by atoms with Gasteiger partial charge in [-0.25, -0.2) is 4.79 Å². The van der Waals surface area contributed by atoms with E-state index in [1.807, 2.05) is 0 Å². The van der Waals surface area contributed by atoms with Gasteiger partial charge < -0.3 is 15.2 Å². The number of benzene rings is 1. The summed E-state index contributed by atoms with van der Waals surface area (Å²) in [6, 6.07) is 3.19. The molecule has 0 bridgehead atoms. The molecule has 2 N–H and O–H groups in total. The van der Waals surface area contributed by atoms with E-state index in [4.69, 9.17) is 9.84 Å². The fourth-order valence-corrected chi connectivity index (χ4v) is 1.40. The van der Waals surface area contributed by atoms with Crippen LogP contribution in [0.4, 0.5) is 11.4 Å². The third-order valence-corrected chi connectivity index (χ3v) is 2.35. The molecular formula is C13H16N2O6. The number of anilines is 1. The van der Waals surface area contributed by atoms with Crippen LogP contribution in [-0.4, -0.2) is 34.1 Å². The first-order valence-corrected chi connectivity index (χ1v) is 6.05. The number of carbonyl (C=O) groups is 2. The van der Waals surface area contributed by atoms with Crippen molar-refractivity contribution in [3.8, 4) is 0 Å². The fourth-order valence-electron chi connectivity index (χ4n) is 1.40. The lowest BCUT2D eigenvalue weighted by molar-refractivity contribution is -0.384. The lowest BCUT2D eigenvalue weighted by atomic mass is 10.1. The number of aromatic carboxylic acids is 1. The van der Waals surface area contributed by atoms with Gasteiger partial charge in [-0.05, 0) is 26.8 Å². The lowest BCUT2D eigenvalue weighted by Gasteiger charge is -2.19. The summed E-state index contributed by atoms with van der Waals surface area (Å²) >= 11 is 0. The molecule has 0 unspecified atom stereocenters. The number of hydrogen-bond donors (Lipinski definition) is 2. The van der Waals surface area contributed by atoms with E-state index in [9.17, 15) is 19.7 Å². The van der Waals surface area contributed by atoms with Crippen LogP contribution in [0, 0.1) is 10.1 Å². The van der Waals surface area contributed by atoms with Gasteiger partial charge in [0.1, 0.15) is 6.61 Å². The van der Waals surface area contributed by atoms with Crippen LogP contribution in [0.2, 0.25) is 0 Å². The number of nitro groups is 1. The molecule has 1 rings (SSSR count). The standard InChI is InChI=1S/C13H16N2O6/c1-13(2,3)21-7-11(16)14-10-5-4-8(15(19)20)6-9(10)12(17)18/h4-6H,7H2,1-3H3,(H,14,16)(H,17,18). The molecule has 0 saturated carbocycles. The Labute approximate surface area is 120 Å². The van der Waals surface area contributed by atoms with Crippen molar-refractivity contribution in [3.63, 3.8) is 0 Å². The average Bonchev–Trinajstić information content (AvgIpc) is 2.35. The Morgan fingerprint density at radius 1 is 1.38 bits per heavy atom. The molecule has 0 aliphatic heterocycles. The summed E-state index contributed by atoms with van der Waals surface area (Å²) in [5, 5.41) is 22.0. The SMILES string of the molecule is CC(C)(C)OCC(=O)Nc1ccc([N+](=O)[O-])cc1C(=O)O. The molecule has 1 aromatic rings. The third-order valence-electron chi connectivity index (χ3n) is 2.35. The number of nitro benzene ring substituents is 1. The summed E-state index contributed by atoms with van der Waals surface area (Å²) < 4.78 is 5.26. The number of nitrogens with one attached hydrogen (secondary N) is 1. The van der Waals surface area contributed by atoms with Crippen LogP contribution in [0.3, 0.4) is 0 Å². The molecule has 0 heterocycles. The van der Waals surface area contributed by atoms with Crippen molar-refractivity contribution in [2.24, 2.45) is 0 Å². The molecule has 0 radical (unpaired) electrons. The Morgan fingerprint density at radius 3 is 2.48 bits per heavy atom. The van der Waals surface area contributed by atoms with Gasteiger partial charge in [-0.3, -0.25) is 14.9 Å². The number of nitrogens with zero attached hydrogens (tertiary/aromatic N) is 1. The first-order chi connectivity index (χ1) is 9.60. The van der Waals surface area contributed by atoms with Crippen LogP contribution < -0.4 is 5.32 Å². The minimum Gasteiger partial charge on any atom is -0.478 e. The molecule has 8 heteroatoms. The fraction of sp³-hybridized carbons (Fsp3) is 0.385. The molecule has 0 fully saturated rings. The van der Waals surface area contributed by atoms with Crippen LogP contribution in [0.1, 0.15) is 31.1 Å². The predicted molar refractivity (Wildman–Crippen MR) is 74.4 cm³/mol. The maximum atomic E-state index is 11.7. The van der Waals surface area contributed by atoms with E-state index in [1.54, 1.807) is 20.8 Å². The average molecular weight is 296 g/mol. The third kappa shape index (κ3) is 5.19. The summed E-state index contributed by atoms with van der Waals surface area (Å²) in [5.74, 6) is -1.91. The van der Waals surface area contributed by atoms with E-state index in [0.717, 1.165) is 12.1 Å². The van der Waals surface area contributed by atoms with Gasteiger partial charge in [0.05, 0.1) is 21.8 Å². The highest BCUT2D eigenvalue weighted by atomic mass is 16.6. The molecule has 0 spiro atoms. The van der Waals surface area contributed by atoms with Crippen molar-refractivity contribution in [1.82, 2.24) is 0 Å². The number of ether oxygens (including phenoxy) is 1. The van der Waals surface area contributed by atoms with Gasteiger partial charge in [-0.1, -0.05) is 0 Å². The highest BCUT2D eigenvalue weighted by Gasteiger charge is 2.18. The summed E-state index contributed by atoms with van der Waals surface area (Å²) in [6.45, 7) is 5.07. The van der Waals surface area contributed by atoms with Crippen molar-refractivity contribution >= 4 is 23.3 Å². The smallest absolute Gasteiger partial charge is 0.338 e.